The highest BCUT2D eigenvalue weighted by atomic mass is 19.4. The van der Waals surface area contributed by atoms with Crippen molar-refractivity contribution in [3.63, 3.8) is 0 Å². The monoisotopic (exact) mass is 489 g/mol. The van der Waals surface area contributed by atoms with Gasteiger partial charge in [0.15, 0.2) is 5.69 Å². The molecular formula is C27H22F3N5O. The summed E-state index contributed by atoms with van der Waals surface area (Å²) in [5.74, 6) is 0. The van der Waals surface area contributed by atoms with Gasteiger partial charge in [-0.15, -0.1) is 0 Å². The largest absolute Gasteiger partial charge is 0.416 e. The van der Waals surface area contributed by atoms with Gasteiger partial charge < -0.3 is 5.73 Å². The van der Waals surface area contributed by atoms with Crippen molar-refractivity contribution >= 4 is 11.4 Å². The molecule has 4 rings (SSSR count). The minimum Gasteiger partial charge on any atom is -0.402 e. The Labute approximate surface area is 205 Å². The molecule has 0 amide bonds. The molecule has 9 heteroatoms. The lowest BCUT2D eigenvalue weighted by Gasteiger charge is -2.12. The Kier molecular flexibility index (Phi) is 6.82. The number of aromatic nitrogens is 3. The van der Waals surface area contributed by atoms with E-state index in [-0.39, 0.29) is 17.1 Å². The van der Waals surface area contributed by atoms with E-state index in [9.17, 15) is 18.0 Å². The van der Waals surface area contributed by atoms with Gasteiger partial charge in [-0.05, 0) is 68.0 Å². The minimum atomic E-state index is -4.53. The van der Waals surface area contributed by atoms with Crippen molar-refractivity contribution in [2.24, 2.45) is 10.7 Å². The molecular weight excluding hydrogens is 467 g/mol. The number of halogens is 3. The quantitative estimate of drug-likeness (QED) is 0.370. The number of pyridine rings is 1. The molecule has 0 spiro atoms. The summed E-state index contributed by atoms with van der Waals surface area (Å²) in [7, 11) is 0. The van der Waals surface area contributed by atoms with E-state index in [2.05, 4.69) is 15.1 Å². The number of allylic oxidation sites excluding steroid dienone is 2. The van der Waals surface area contributed by atoms with Crippen LogP contribution in [0.1, 0.15) is 23.7 Å². The predicted octanol–water partition coefficient (Wildman–Crippen LogP) is 5.61. The summed E-state index contributed by atoms with van der Waals surface area (Å²) in [5, 5.41) is 4.46. The highest BCUT2D eigenvalue weighted by molar-refractivity contribution is 6.08. The SMILES string of the molecule is CC(N)=CC(=Nc1cccc(C(F)(F)F)c1)c1nn(-c2ccc(-c3ccccn3)cc2C)ccc1=O. The molecule has 0 radical (unpaired) electrons. The van der Waals surface area contributed by atoms with Crippen LogP contribution in [0.15, 0.2) is 101 Å². The van der Waals surface area contributed by atoms with Crippen LogP contribution in [0.2, 0.25) is 0 Å². The van der Waals surface area contributed by atoms with Gasteiger partial charge in [0.25, 0.3) is 0 Å². The van der Waals surface area contributed by atoms with Crippen molar-refractivity contribution in [2.45, 2.75) is 20.0 Å². The third kappa shape index (κ3) is 5.57. The average Bonchev–Trinajstić information content (AvgIpc) is 2.84. The summed E-state index contributed by atoms with van der Waals surface area (Å²) >= 11 is 0. The lowest BCUT2D eigenvalue weighted by Crippen LogP contribution is -2.21. The lowest BCUT2D eigenvalue weighted by atomic mass is 10.1. The van der Waals surface area contributed by atoms with Crippen LogP contribution in [-0.4, -0.2) is 20.5 Å². The molecule has 0 saturated heterocycles. The van der Waals surface area contributed by atoms with Crippen LogP contribution in [0.4, 0.5) is 18.9 Å². The fraction of sp³-hybridized carbons (Fsp3) is 0.111. The molecule has 36 heavy (non-hydrogen) atoms. The highest BCUT2D eigenvalue weighted by Gasteiger charge is 2.30. The molecule has 2 heterocycles. The van der Waals surface area contributed by atoms with Gasteiger partial charge in [0.2, 0.25) is 5.43 Å². The first-order chi connectivity index (χ1) is 17.1. The van der Waals surface area contributed by atoms with Crippen molar-refractivity contribution in [3.05, 3.63) is 118 Å². The standard InChI is InChI=1S/C27H22F3N5O/c1-17-14-19(22-8-3-4-12-32-22)9-10-24(17)35-13-11-25(36)26(34-35)23(15-18(2)31)33-21-7-5-6-20(16-21)27(28,29)30/h3-16H,31H2,1-2H3. The number of rotatable bonds is 5. The third-order valence-corrected chi connectivity index (χ3v) is 5.24. The zero-order valence-electron chi connectivity index (χ0n) is 19.5. The van der Waals surface area contributed by atoms with E-state index < -0.39 is 17.2 Å². The molecule has 0 aliphatic rings. The van der Waals surface area contributed by atoms with E-state index in [1.165, 1.54) is 35.2 Å². The Morgan fingerprint density at radius 2 is 1.86 bits per heavy atom. The Morgan fingerprint density at radius 1 is 1.06 bits per heavy atom. The maximum Gasteiger partial charge on any atom is 0.416 e. The van der Waals surface area contributed by atoms with Gasteiger partial charge in [0, 0.05) is 29.7 Å². The maximum absolute atomic E-state index is 13.2. The second-order valence-electron chi connectivity index (χ2n) is 8.12. The van der Waals surface area contributed by atoms with Gasteiger partial charge in [0.1, 0.15) is 0 Å². The Balaban J connectivity index is 1.80. The van der Waals surface area contributed by atoms with Gasteiger partial charge in [-0.25, -0.2) is 9.67 Å². The fourth-order valence-corrected chi connectivity index (χ4v) is 3.58. The molecule has 182 valence electrons. The highest BCUT2D eigenvalue weighted by Crippen LogP contribution is 2.31. The van der Waals surface area contributed by atoms with E-state index >= 15 is 0 Å². The first kappa shape index (κ1) is 24.6. The molecule has 2 aromatic carbocycles. The third-order valence-electron chi connectivity index (χ3n) is 5.24. The van der Waals surface area contributed by atoms with Gasteiger partial charge in [0.05, 0.1) is 28.3 Å². The molecule has 0 unspecified atom stereocenters. The molecule has 0 atom stereocenters. The lowest BCUT2D eigenvalue weighted by molar-refractivity contribution is -0.137. The van der Waals surface area contributed by atoms with Crippen LogP contribution in [0.3, 0.4) is 0 Å². The number of benzene rings is 2. The summed E-state index contributed by atoms with van der Waals surface area (Å²) < 4.78 is 41.0. The van der Waals surface area contributed by atoms with Crippen molar-refractivity contribution in [1.29, 1.82) is 0 Å². The van der Waals surface area contributed by atoms with Gasteiger partial charge in [-0.3, -0.25) is 9.78 Å². The van der Waals surface area contributed by atoms with Gasteiger partial charge >= 0.3 is 6.18 Å². The summed E-state index contributed by atoms with van der Waals surface area (Å²) in [4.78, 5) is 21.4. The number of nitrogens with two attached hydrogens (primary N) is 1. The molecule has 0 fully saturated rings. The zero-order chi connectivity index (χ0) is 25.9. The van der Waals surface area contributed by atoms with Crippen molar-refractivity contribution in [2.75, 3.05) is 0 Å². The van der Waals surface area contributed by atoms with Gasteiger partial charge in [-0.2, -0.15) is 18.3 Å². The predicted molar refractivity (Wildman–Crippen MR) is 133 cm³/mol. The van der Waals surface area contributed by atoms with Crippen molar-refractivity contribution in [3.8, 4) is 16.9 Å². The van der Waals surface area contributed by atoms with E-state index in [1.54, 1.807) is 13.1 Å². The average molecular weight is 490 g/mol. The normalized spacial score (nSPS) is 12.6. The van der Waals surface area contributed by atoms with Crippen LogP contribution in [0, 0.1) is 6.92 Å². The Morgan fingerprint density at radius 3 is 2.53 bits per heavy atom. The molecule has 6 nitrogen and oxygen atoms in total. The summed E-state index contributed by atoms with van der Waals surface area (Å²) in [6, 6.07) is 17.2. The van der Waals surface area contributed by atoms with E-state index in [1.807, 2.05) is 43.3 Å². The number of aliphatic imine (C=N–C) groups is 1. The van der Waals surface area contributed by atoms with Crippen molar-refractivity contribution < 1.29 is 13.2 Å². The summed E-state index contributed by atoms with van der Waals surface area (Å²) in [6.45, 7) is 3.49. The molecule has 0 aliphatic heterocycles. The summed E-state index contributed by atoms with van der Waals surface area (Å²) in [6.07, 6.45) is 0.120. The second kappa shape index (κ2) is 9.99. The molecule has 0 saturated carbocycles. The van der Waals surface area contributed by atoms with E-state index in [4.69, 9.17) is 5.73 Å². The van der Waals surface area contributed by atoms with E-state index in [0.717, 1.165) is 29.0 Å². The van der Waals surface area contributed by atoms with Crippen molar-refractivity contribution in [1.82, 2.24) is 14.8 Å². The van der Waals surface area contributed by atoms with Crippen LogP contribution >= 0.6 is 0 Å². The van der Waals surface area contributed by atoms with E-state index in [0.29, 0.717) is 11.4 Å². The van der Waals surface area contributed by atoms with Crippen LogP contribution in [0.25, 0.3) is 16.9 Å². The minimum absolute atomic E-state index is 0.0184. The molecule has 0 bridgehead atoms. The van der Waals surface area contributed by atoms with Crippen LogP contribution in [-0.2, 0) is 6.18 Å². The number of nitrogens with zero attached hydrogens (tertiary/aromatic N) is 4. The first-order valence-corrected chi connectivity index (χ1v) is 10.9. The number of alkyl halides is 3. The zero-order valence-corrected chi connectivity index (χ0v) is 19.5. The number of aryl methyl sites for hydroxylation is 1. The maximum atomic E-state index is 13.2. The molecule has 2 N–H and O–H groups in total. The number of hydrogen-bond acceptors (Lipinski definition) is 5. The molecule has 2 aromatic heterocycles. The fourth-order valence-electron chi connectivity index (χ4n) is 3.58. The molecule has 4 aromatic rings. The van der Waals surface area contributed by atoms with Crippen LogP contribution < -0.4 is 11.2 Å². The second-order valence-corrected chi connectivity index (χ2v) is 8.12. The molecule has 0 aliphatic carbocycles. The van der Waals surface area contributed by atoms with Gasteiger partial charge in [-0.1, -0.05) is 18.2 Å². The Bertz CT molecular complexity index is 1520. The van der Waals surface area contributed by atoms with Crippen LogP contribution in [0.5, 0.6) is 0 Å². The smallest absolute Gasteiger partial charge is 0.402 e. The number of hydrogen-bond donors (Lipinski definition) is 1. The first-order valence-electron chi connectivity index (χ1n) is 10.9. The Hall–Kier alpha value is -4.53. The summed E-state index contributed by atoms with van der Waals surface area (Å²) in [5.41, 5.74) is 8.21. The topological polar surface area (TPSA) is 86.2 Å².